The number of rotatable bonds is 4. The number of piperidine rings is 1. The topological polar surface area (TPSA) is 28.2 Å². The van der Waals surface area contributed by atoms with Crippen molar-refractivity contribution in [3.05, 3.63) is 10.6 Å². The first-order valence-electron chi connectivity index (χ1n) is 8.23. The maximum atomic E-state index is 4.97. The van der Waals surface area contributed by atoms with Crippen LogP contribution in [0.5, 0.6) is 0 Å². The van der Waals surface area contributed by atoms with E-state index in [2.05, 4.69) is 17.1 Å². The second kappa shape index (κ2) is 6.44. The molecule has 1 saturated heterocycles. The van der Waals surface area contributed by atoms with Gasteiger partial charge in [0.2, 0.25) is 0 Å². The third kappa shape index (κ3) is 2.73. The van der Waals surface area contributed by atoms with E-state index in [0.29, 0.717) is 0 Å². The fourth-order valence-electron chi connectivity index (χ4n) is 3.93. The van der Waals surface area contributed by atoms with Crippen LogP contribution in [-0.4, -0.2) is 24.6 Å². The van der Waals surface area contributed by atoms with Gasteiger partial charge in [0.15, 0.2) is 5.13 Å². The summed E-state index contributed by atoms with van der Waals surface area (Å²) in [6.45, 7) is 4.40. The van der Waals surface area contributed by atoms with E-state index in [1.165, 1.54) is 60.8 Å². The number of aryl methyl sites for hydroxylation is 1. The Kier molecular flexibility index (Phi) is 4.61. The lowest BCUT2D eigenvalue weighted by atomic mass is 9.78. The summed E-state index contributed by atoms with van der Waals surface area (Å²) in [5, 5.41) is 4.58. The Morgan fingerprint density at radius 1 is 1.25 bits per heavy atom. The van der Waals surface area contributed by atoms with E-state index >= 15 is 0 Å². The lowest BCUT2D eigenvalue weighted by molar-refractivity contribution is 0.243. The summed E-state index contributed by atoms with van der Waals surface area (Å²) in [5.74, 6) is 0.930. The predicted octanol–water partition coefficient (Wildman–Crippen LogP) is 3.58. The van der Waals surface area contributed by atoms with Gasteiger partial charge in [0.05, 0.1) is 5.69 Å². The molecule has 4 heteroatoms. The molecule has 0 bridgehead atoms. The highest BCUT2D eigenvalue weighted by molar-refractivity contribution is 7.15. The molecule has 2 fully saturated rings. The van der Waals surface area contributed by atoms with Gasteiger partial charge in [-0.15, -0.1) is 11.3 Å². The van der Waals surface area contributed by atoms with E-state index in [4.69, 9.17) is 4.98 Å². The summed E-state index contributed by atoms with van der Waals surface area (Å²) in [6.07, 6.45) is 9.52. The zero-order valence-electron chi connectivity index (χ0n) is 12.8. The molecule has 112 valence electrons. The molecular weight excluding hydrogens is 266 g/mol. The molecule has 2 atom stereocenters. The van der Waals surface area contributed by atoms with Gasteiger partial charge >= 0.3 is 0 Å². The molecule has 20 heavy (non-hydrogen) atoms. The van der Waals surface area contributed by atoms with Crippen LogP contribution < -0.4 is 10.2 Å². The van der Waals surface area contributed by atoms with Crippen molar-refractivity contribution in [3.63, 3.8) is 0 Å². The van der Waals surface area contributed by atoms with Crippen LogP contribution in [0.4, 0.5) is 5.13 Å². The van der Waals surface area contributed by atoms with Gasteiger partial charge in [-0.1, -0.05) is 19.8 Å². The van der Waals surface area contributed by atoms with Gasteiger partial charge in [-0.2, -0.15) is 0 Å². The van der Waals surface area contributed by atoms with Gasteiger partial charge < -0.3 is 10.2 Å². The van der Waals surface area contributed by atoms with Crippen molar-refractivity contribution in [3.8, 4) is 0 Å². The number of fused-ring (bicyclic) bond motifs is 1. The minimum absolute atomic E-state index is 0.774. The molecule has 0 amide bonds. The van der Waals surface area contributed by atoms with E-state index in [9.17, 15) is 0 Å². The molecule has 1 aliphatic heterocycles. The van der Waals surface area contributed by atoms with Crippen LogP contribution in [0.15, 0.2) is 0 Å². The zero-order chi connectivity index (χ0) is 13.9. The predicted molar refractivity (Wildman–Crippen MR) is 86.6 cm³/mol. The van der Waals surface area contributed by atoms with Crippen molar-refractivity contribution in [1.29, 1.82) is 0 Å². The smallest absolute Gasteiger partial charge is 0.186 e. The van der Waals surface area contributed by atoms with Gasteiger partial charge in [0, 0.05) is 24.0 Å². The minimum atomic E-state index is 0.774. The van der Waals surface area contributed by atoms with Crippen molar-refractivity contribution < 1.29 is 0 Å². The molecule has 2 heterocycles. The number of thiazole rings is 1. The minimum Gasteiger partial charge on any atom is -0.345 e. The summed E-state index contributed by atoms with van der Waals surface area (Å²) < 4.78 is 0. The van der Waals surface area contributed by atoms with Crippen molar-refractivity contribution >= 4 is 16.5 Å². The number of nitrogens with zero attached hydrogens (tertiary/aromatic N) is 2. The lowest BCUT2D eigenvalue weighted by Crippen LogP contribution is -2.46. The van der Waals surface area contributed by atoms with Crippen LogP contribution in [0.1, 0.15) is 56.0 Å². The molecule has 0 unspecified atom stereocenters. The molecule has 2 aliphatic rings. The molecule has 1 saturated carbocycles. The quantitative estimate of drug-likeness (QED) is 0.919. The third-order valence-electron chi connectivity index (χ3n) is 4.93. The summed E-state index contributed by atoms with van der Waals surface area (Å²) >= 11 is 1.92. The Morgan fingerprint density at radius 2 is 2.05 bits per heavy atom. The van der Waals surface area contributed by atoms with Crippen LogP contribution in [0.25, 0.3) is 0 Å². The zero-order valence-corrected chi connectivity index (χ0v) is 13.6. The molecule has 1 aromatic heterocycles. The Hall–Kier alpha value is -0.610. The Bertz CT molecular complexity index is 441. The number of aromatic nitrogens is 1. The summed E-state index contributed by atoms with van der Waals surface area (Å²) in [7, 11) is 2.02. The fraction of sp³-hybridized carbons (Fsp3) is 0.812. The highest BCUT2D eigenvalue weighted by atomic mass is 32.1. The van der Waals surface area contributed by atoms with Crippen LogP contribution in [0, 0.1) is 5.92 Å². The molecule has 3 rings (SSSR count). The summed E-state index contributed by atoms with van der Waals surface area (Å²) in [4.78, 5) is 9.05. The van der Waals surface area contributed by atoms with Gasteiger partial charge in [-0.05, 0) is 45.1 Å². The molecule has 1 N–H and O–H groups in total. The molecular formula is C16H27N3S. The van der Waals surface area contributed by atoms with Crippen molar-refractivity contribution in [1.82, 2.24) is 10.3 Å². The number of nitrogens with one attached hydrogen (secondary N) is 1. The highest BCUT2D eigenvalue weighted by Gasteiger charge is 2.34. The summed E-state index contributed by atoms with van der Waals surface area (Å²) in [6, 6.07) is 0.774. The van der Waals surface area contributed by atoms with E-state index in [1.807, 2.05) is 18.4 Å². The number of anilines is 1. The molecule has 0 spiro atoms. The van der Waals surface area contributed by atoms with E-state index in [0.717, 1.165) is 24.9 Å². The molecule has 1 aliphatic carbocycles. The average Bonchev–Trinajstić information content (AvgIpc) is 2.90. The molecule has 1 aromatic rings. The normalized spacial score (nSPS) is 26.6. The highest BCUT2D eigenvalue weighted by Crippen LogP contribution is 2.39. The standard InChI is InChI=1S/C16H27N3S/c1-3-13-15(11-17-2)20-16(18-13)19-10-6-8-12-7-4-5-9-14(12)19/h12,14,17H,3-11H2,1-2H3/t12-,14-/m1/s1. The molecule has 0 radical (unpaired) electrons. The number of hydrogen-bond donors (Lipinski definition) is 1. The van der Waals surface area contributed by atoms with E-state index in [1.54, 1.807) is 0 Å². The first-order valence-corrected chi connectivity index (χ1v) is 9.05. The third-order valence-corrected chi connectivity index (χ3v) is 6.06. The molecule has 3 nitrogen and oxygen atoms in total. The van der Waals surface area contributed by atoms with Gasteiger partial charge in [0.1, 0.15) is 0 Å². The van der Waals surface area contributed by atoms with Crippen LogP contribution in [0.3, 0.4) is 0 Å². The first kappa shape index (κ1) is 14.3. The van der Waals surface area contributed by atoms with Crippen LogP contribution in [0.2, 0.25) is 0 Å². The largest absolute Gasteiger partial charge is 0.345 e. The maximum absolute atomic E-state index is 4.97. The van der Waals surface area contributed by atoms with Crippen LogP contribution in [-0.2, 0) is 13.0 Å². The Labute approximate surface area is 126 Å². The van der Waals surface area contributed by atoms with E-state index < -0.39 is 0 Å². The second-order valence-electron chi connectivity index (χ2n) is 6.20. The van der Waals surface area contributed by atoms with Crippen molar-refractivity contribution in [2.75, 3.05) is 18.5 Å². The summed E-state index contributed by atoms with van der Waals surface area (Å²) in [5.41, 5.74) is 1.30. The van der Waals surface area contributed by atoms with Crippen molar-refractivity contribution in [2.24, 2.45) is 5.92 Å². The van der Waals surface area contributed by atoms with Gasteiger partial charge in [-0.25, -0.2) is 4.98 Å². The SMILES string of the molecule is CCc1nc(N2CCC[C@H]3CCCC[C@H]32)sc1CNC. The fourth-order valence-corrected chi connectivity index (χ4v) is 5.17. The van der Waals surface area contributed by atoms with Crippen molar-refractivity contribution in [2.45, 2.75) is 64.5 Å². The van der Waals surface area contributed by atoms with Crippen LogP contribution >= 0.6 is 11.3 Å². The second-order valence-corrected chi connectivity index (χ2v) is 7.26. The number of hydrogen-bond acceptors (Lipinski definition) is 4. The van der Waals surface area contributed by atoms with Gasteiger partial charge in [-0.3, -0.25) is 0 Å². The lowest BCUT2D eigenvalue weighted by Gasteiger charge is -2.44. The Morgan fingerprint density at radius 3 is 2.85 bits per heavy atom. The molecule has 0 aromatic carbocycles. The van der Waals surface area contributed by atoms with Gasteiger partial charge in [0.25, 0.3) is 0 Å². The monoisotopic (exact) mass is 293 g/mol. The van der Waals surface area contributed by atoms with E-state index in [-0.39, 0.29) is 0 Å². The maximum Gasteiger partial charge on any atom is 0.186 e. The average molecular weight is 293 g/mol. The first-order chi connectivity index (χ1) is 9.83. The Balaban J connectivity index is 1.83.